The third-order valence-electron chi connectivity index (χ3n) is 4.34. The number of nitrogens with zero attached hydrogens (tertiary/aromatic N) is 1. The van der Waals surface area contributed by atoms with E-state index < -0.39 is 0 Å². The fourth-order valence-corrected chi connectivity index (χ4v) is 3.87. The molecule has 6 nitrogen and oxygen atoms in total. The van der Waals surface area contributed by atoms with E-state index in [2.05, 4.69) is 10.3 Å². The van der Waals surface area contributed by atoms with Crippen LogP contribution in [0.25, 0.3) is 0 Å². The number of aryl methyl sites for hydroxylation is 1. The van der Waals surface area contributed by atoms with Crippen LogP contribution in [0.3, 0.4) is 0 Å². The van der Waals surface area contributed by atoms with E-state index in [1.54, 1.807) is 24.3 Å². The third-order valence-corrected chi connectivity index (χ3v) is 5.41. The monoisotopic (exact) mass is 416 g/mol. The van der Waals surface area contributed by atoms with E-state index in [9.17, 15) is 9.18 Å². The molecule has 1 heterocycles. The molecule has 0 atom stereocenters. The van der Waals surface area contributed by atoms with Crippen LogP contribution in [-0.2, 0) is 6.42 Å². The summed E-state index contributed by atoms with van der Waals surface area (Å²) in [5.41, 5.74) is 2.09. The Morgan fingerprint density at radius 2 is 1.72 bits per heavy atom. The first-order valence-corrected chi connectivity index (χ1v) is 9.59. The summed E-state index contributed by atoms with van der Waals surface area (Å²) < 4.78 is 29.0. The molecule has 1 aromatic heterocycles. The van der Waals surface area contributed by atoms with Gasteiger partial charge in [0, 0.05) is 11.3 Å². The molecule has 0 aliphatic rings. The first-order valence-electron chi connectivity index (χ1n) is 8.77. The maximum Gasteiger partial charge on any atom is 0.261 e. The molecule has 8 heteroatoms. The molecule has 0 radical (unpaired) electrons. The van der Waals surface area contributed by atoms with Gasteiger partial charge in [0.05, 0.1) is 32.6 Å². The van der Waals surface area contributed by atoms with E-state index in [-0.39, 0.29) is 17.5 Å². The zero-order valence-corrected chi connectivity index (χ0v) is 17.4. The second-order valence-electron chi connectivity index (χ2n) is 6.17. The van der Waals surface area contributed by atoms with Gasteiger partial charge in [-0.1, -0.05) is 12.1 Å². The standard InChI is InChI=1S/C21H21FN2O4S/c1-12-17(11-13-5-7-14(22)8-6-13)29-21(23-12)24-20(25)15-9-10-16(26-2)19(28-4)18(15)27-3/h5-10H,11H2,1-4H3,(H,23,24,25). The number of methoxy groups -OCH3 is 3. The Morgan fingerprint density at radius 3 is 2.34 bits per heavy atom. The van der Waals surface area contributed by atoms with Crippen molar-refractivity contribution in [3.63, 3.8) is 0 Å². The summed E-state index contributed by atoms with van der Waals surface area (Å²) in [4.78, 5) is 18.2. The summed E-state index contributed by atoms with van der Waals surface area (Å²) >= 11 is 1.38. The van der Waals surface area contributed by atoms with Crippen LogP contribution in [-0.4, -0.2) is 32.2 Å². The van der Waals surface area contributed by atoms with Crippen LogP contribution in [0.2, 0.25) is 0 Å². The number of carbonyl (C=O) groups excluding carboxylic acids is 1. The van der Waals surface area contributed by atoms with Gasteiger partial charge in [0.25, 0.3) is 5.91 Å². The minimum atomic E-state index is -0.370. The van der Waals surface area contributed by atoms with Gasteiger partial charge in [0.15, 0.2) is 16.6 Å². The molecule has 2 aromatic carbocycles. The lowest BCUT2D eigenvalue weighted by Gasteiger charge is -2.15. The molecule has 1 amide bonds. The Kier molecular flexibility index (Phi) is 6.33. The van der Waals surface area contributed by atoms with Crippen LogP contribution in [0.1, 0.15) is 26.5 Å². The lowest BCUT2D eigenvalue weighted by Crippen LogP contribution is -2.13. The molecular weight excluding hydrogens is 395 g/mol. The Labute approximate surface area is 172 Å². The zero-order valence-electron chi connectivity index (χ0n) is 16.5. The van der Waals surface area contributed by atoms with Gasteiger partial charge in [0.2, 0.25) is 5.75 Å². The van der Waals surface area contributed by atoms with Crippen molar-refractivity contribution in [3.8, 4) is 17.2 Å². The van der Waals surface area contributed by atoms with Gasteiger partial charge in [0.1, 0.15) is 5.82 Å². The Hall–Kier alpha value is -3.13. The van der Waals surface area contributed by atoms with Gasteiger partial charge in [-0.25, -0.2) is 9.37 Å². The van der Waals surface area contributed by atoms with Gasteiger partial charge in [-0.2, -0.15) is 0 Å². The van der Waals surface area contributed by atoms with E-state index in [0.717, 1.165) is 16.1 Å². The number of anilines is 1. The number of aromatic nitrogens is 1. The summed E-state index contributed by atoms with van der Waals surface area (Å²) in [6.07, 6.45) is 0.610. The molecule has 0 aliphatic heterocycles. The molecule has 29 heavy (non-hydrogen) atoms. The number of rotatable bonds is 7. The van der Waals surface area contributed by atoms with Crippen LogP contribution in [0.15, 0.2) is 36.4 Å². The van der Waals surface area contributed by atoms with Crippen LogP contribution >= 0.6 is 11.3 Å². The number of halogens is 1. The number of hydrogen-bond donors (Lipinski definition) is 1. The molecule has 0 fully saturated rings. The first-order chi connectivity index (χ1) is 14.0. The van der Waals surface area contributed by atoms with Crippen molar-refractivity contribution < 1.29 is 23.4 Å². The Bertz CT molecular complexity index is 1020. The van der Waals surface area contributed by atoms with Crippen LogP contribution < -0.4 is 19.5 Å². The second-order valence-corrected chi connectivity index (χ2v) is 7.25. The lowest BCUT2D eigenvalue weighted by molar-refractivity contribution is 0.102. The summed E-state index contributed by atoms with van der Waals surface area (Å²) in [5.74, 6) is 0.447. The highest BCUT2D eigenvalue weighted by Gasteiger charge is 2.22. The summed E-state index contributed by atoms with van der Waals surface area (Å²) in [6, 6.07) is 9.58. The highest BCUT2D eigenvalue weighted by atomic mass is 32.1. The summed E-state index contributed by atoms with van der Waals surface area (Å²) in [7, 11) is 4.45. The van der Waals surface area contributed by atoms with Crippen molar-refractivity contribution in [2.45, 2.75) is 13.3 Å². The zero-order chi connectivity index (χ0) is 21.0. The largest absolute Gasteiger partial charge is 0.493 e. The van der Waals surface area contributed by atoms with Crippen molar-refractivity contribution >= 4 is 22.4 Å². The minimum absolute atomic E-state index is 0.272. The molecule has 0 unspecified atom stereocenters. The number of benzene rings is 2. The highest BCUT2D eigenvalue weighted by Crippen LogP contribution is 2.40. The summed E-state index contributed by atoms with van der Waals surface area (Å²) in [5, 5.41) is 3.28. The van der Waals surface area contributed by atoms with Crippen molar-refractivity contribution in [3.05, 3.63) is 63.9 Å². The number of amides is 1. The Balaban J connectivity index is 1.82. The third kappa shape index (κ3) is 4.48. The maximum atomic E-state index is 13.1. The number of carbonyl (C=O) groups is 1. The van der Waals surface area contributed by atoms with Gasteiger partial charge in [-0.05, 0) is 36.8 Å². The number of nitrogens with one attached hydrogen (secondary N) is 1. The predicted octanol–water partition coefficient (Wildman–Crippen LogP) is 4.46. The smallest absolute Gasteiger partial charge is 0.261 e. The van der Waals surface area contributed by atoms with Crippen LogP contribution in [0.4, 0.5) is 9.52 Å². The SMILES string of the molecule is COc1ccc(C(=O)Nc2nc(C)c(Cc3ccc(F)cc3)s2)c(OC)c1OC. The molecule has 0 aliphatic carbocycles. The van der Waals surface area contributed by atoms with E-state index >= 15 is 0 Å². The number of ether oxygens (including phenoxy) is 3. The molecule has 1 N–H and O–H groups in total. The quantitative estimate of drug-likeness (QED) is 0.616. The highest BCUT2D eigenvalue weighted by molar-refractivity contribution is 7.15. The first kappa shape index (κ1) is 20.6. The Morgan fingerprint density at radius 1 is 1.03 bits per heavy atom. The number of hydrogen-bond acceptors (Lipinski definition) is 6. The minimum Gasteiger partial charge on any atom is -0.493 e. The van der Waals surface area contributed by atoms with E-state index in [1.165, 1.54) is 44.8 Å². The molecule has 3 rings (SSSR count). The van der Waals surface area contributed by atoms with E-state index in [4.69, 9.17) is 14.2 Å². The average Bonchev–Trinajstić information content (AvgIpc) is 3.06. The van der Waals surface area contributed by atoms with Crippen molar-refractivity contribution in [2.75, 3.05) is 26.6 Å². The van der Waals surface area contributed by atoms with Gasteiger partial charge in [-0.15, -0.1) is 11.3 Å². The molecule has 0 spiro atoms. The normalized spacial score (nSPS) is 10.5. The van der Waals surface area contributed by atoms with E-state index in [1.807, 2.05) is 6.92 Å². The van der Waals surface area contributed by atoms with Crippen LogP contribution in [0, 0.1) is 12.7 Å². The maximum absolute atomic E-state index is 13.1. The molecule has 152 valence electrons. The van der Waals surface area contributed by atoms with Gasteiger partial charge < -0.3 is 14.2 Å². The number of thiazole rings is 1. The molecule has 3 aromatic rings. The van der Waals surface area contributed by atoms with Crippen molar-refractivity contribution in [1.82, 2.24) is 4.98 Å². The molecule has 0 bridgehead atoms. The summed E-state index contributed by atoms with van der Waals surface area (Å²) in [6.45, 7) is 1.88. The van der Waals surface area contributed by atoms with Gasteiger partial charge >= 0.3 is 0 Å². The topological polar surface area (TPSA) is 69.7 Å². The van der Waals surface area contributed by atoms with Crippen molar-refractivity contribution in [1.29, 1.82) is 0 Å². The fourth-order valence-electron chi connectivity index (χ4n) is 2.88. The van der Waals surface area contributed by atoms with Gasteiger partial charge in [-0.3, -0.25) is 10.1 Å². The fraction of sp³-hybridized carbons (Fsp3) is 0.238. The molecular formula is C21H21FN2O4S. The predicted molar refractivity (Wildman–Crippen MR) is 110 cm³/mol. The van der Waals surface area contributed by atoms with Crippen molar-refractivity contribution in [2.24, 2.45) is 0 Å². The average molecular weight is 416 g/mol. The lowest BCUT2D eigenvalue weighted by atomic mass is 10.1. The van der Waals surface area contributed by atoms with Crippen LogP contribution in [0.5, 0.6) is 17.2 Å². The molecule has 0 saturated carbocycles. The van der Waals surface area contributed by atoms with E-state index in [0.29, 0.717) is 28.6 Å². The molecule has 0 saturated heterocycles. The second kappa shape index (κ2) is 8.91.